The molecule has 2 rings (SSSR count). The minimum Gasteiger partial charge on any atom is -0.278 e. The molecule has 1 aromatic rings. The first-order chi connectivity index (χ1) is 8.63. The van der Waals surface area contributed by atoms with Crippen molar-refractivity contribution in [1.82, 2.24) is 9.88 Å². The van der Waals surface area contributed by atoms with Crippen molar-refractivity contribution in [3.05, 3.63) is 29.0 Å². The van der Waals surface area contributed by atoms with Crippen molar-refractivity contribution in [1.29, 1.82) is 0 Å². The van der Waals surface area contributed by atoms with E-state index in [1.54, 1.807) is 6.07 Å². The quantitative estimate of drug-likeness (QED) is 0.790. The first-order valence-corrected chi connectivity index (χ1v) is 6.45. The molecular formula is C13H15ClN2O2. The Hall–Kier alpha value is -1.42. The summed E-state index contributed by atoms with van der Waals surface area (Å²) in [5, 5.41) is 0.286. The molecule has 0 saturated carbocycles. The van der Waals surface area contributed by atoms with Crippen LogP contribution in [0.3, 0.4) is 0 Å². The zero-order chi connectivity index (χ0) is 13.1. The van der Waals surface area contributed by atoms with Gasteiger partial charge in [-0.15, -0.1) is 0 Å². The summed E-state index contributed by atoms with van der Waals surface area (Å²) >= 11 is 5.92. The van der Waals surface area contributed by atoms with Gasteiger partial charge in [0.05, 0.1) is 10.6 Å². The molecule has 0 radical (unpaired) electrons. The van der Waals surface area contributed by atoms with E-state index in [-0.39, 0.29) is 22.8 Å². The van der Waals surface area contributed by atoms with Gasteiger partial charge in [0.15, 0.2) is 0 Å². The van der Waals surface area contributed by atoms with Crippen LogP contribution in [-0.4, -0.2) is 28.2 Å². The van der Waals surface area contributed by atoms with Gasteiger partial charge in [0.25, 0.3) is 5.91 Å². The summed E-state index contributed by atoms with van der Waals surface area (Å²) in [5.41, 5.74) is 0.345. The summed E-state index contributed by atoms with van der Waals surface area (Å²) in [5.74, 6) is -0.135. The molecular weight excluding hydrogens is 252 g/mol. The summed E-state index contributed by atoms with van der Waals surface area (Å²) in [6.45, 7) is 2.58. The first kappa shape index (κ1) is 13.0. The van der Waals surface area contributed by atoms with E-state index < -0.39 is 0 Å². The summed E-state index contributed by atoms with van der Waals surface area (Å²) < 4.78 is 0. The number of amides is 2. The molecule has 1 atom stereocenters. The van der Waals surface area contributed by atoms with Crippen LogP contribution in [0.4, 0.5) is 0 Å². The van der Waals surface area contributed by atoms with Crippen LogP contribution in [0.1, 0.15) is 36.5 Å². The Morgan fingerprint density at radius 1 is 1.61 bits per heavy atom. The van der Waals surface area contributed by atoms with Gasteiger partial charge in [0.2, 0.25) is 5.91 Å². The number of imide groups is 1. The average Bonchev–Trinajstić information content (AvgIpc) is 2.71. The lowest BCUT2D eigenvalue weighted by Crippen LogP contribution is -2.32. The van der Waals surface area contributed by atoms with Crippen LogP contribution in [0, 0.1) is 5.92 Å². The average molecular weight is 267 g/mol. The lowest BCUT2D eigenvalue weighted by Gasteiger charge is -2.15. The topological polar surface area (TPSA) is 50.3 Å². The van der Waals surface area contributed by atoms with Crippen molar-refractivity contribution >= 4 is 23.4 Å². The fourth-order valence-corrected chi connectivity index (χ4v) is 2.47. The number of pyridine rings is 1. The van der Waals surface area contributed by atoms with E-state index in [1.165, 1.54) is 17.3 Å². The third-order valence-electron chi connectivity index (χ3n) is 3.15. The van der Waals surface area contributed by atoms with Crippen LogP contribution < -0.4 is 0 Å². The van der Waals surface area contributed by atoms with E-state index in [4.69, 9.17) is 11.6 Å². The molecule has 4 nitrogen and oxygen atoms in total. The molecule has 5 heteroatoms. The molecule has 0 N–H and O–H groups in total. The molecule has 1 saturated heterocycles. The number of nitrogens with zero attached hydrogens (tertiary/aromatic N) is 2. The van der Waals surface area contributed by atoms with Gasteiger partial charge < -0.3 is 0 Å². The minimum atomic E-state index is -0.314. The van der Waals surface area contributed by atoms with Crippen LogP contribution in [0.2, 0.25) is 5.02 Å². The van der Waals surface area contributed by atoms with E-state index in [9.17, 15) is 9.59 Å². The molecule has 96 valence electrons. The van der Waals surface area contributed by atoms with E-state index in [1.807, 2.05) is 0 Å². The van der Waals surface area contributed by atoms with Gasteiger partial charge >= 0.3 is 0 Å². The standard InChI is InChI=1S/C13H15ClN2O2/c1-2-3-9-6-12(17)16(8-9)13(18)10-4-5-15-7-11(10)14/h4-5,7,9H,2-3,6,8H2,1H3. The SMILES string of the molecule is CCCC1CC(=O)N(C(=O)c2ccncc2Cl)C1. The number of carbonyl (C=O) groups excluding carboxylic acids is 2. The monoisotopic (exact) mass is 266 g/mol. The molecule has 2 amide bonds. The van der Waals surface area contributed by atoms with Crippen molar-refractivity contribution < 1.29 is 9.59 Å². The third-order valence-corrected chi connectivity index (χ3v) is 3.45. The number of likely N-dealkylation sites (tertiary alicyclic amines) is 1. The Morgan fingerprint density at radius 3 is 3.06 bits per heavy atom. The third kappa shape index (κ3) is 2.53. The maximum Gasteiger partial charge on any atom is 0.262 e. The van der Waals surface area contributed by atoms with E-state index >= 15 is 0 Å². The maximum absolute atomic E-state index is 12.2. The molecule has 2 heterocycles. The van der Waals surface area contributed by atoms with Gasteiger partial charge in [-0.3, -0.25) is 19.5 Å². The van der Waals surface area contributed by atoms with Crippen molar-refractivity contribution in [2.45, 2.75) is 26.2 Å². The fraction of sp³-hybridized carbons (Fsp3) is 0.462. The summed E-state index contributed by atoms with van der Waals surface area (Å²) in [6, 6.07) is 1.55. The van der Waals surface area contributed by atoms with Gasteiger partial charge in [-0.25, -0.2) is 0 Å². The molecule has 1 aromatic heterocycles. The van der Waals surface area contributed by atoms with Crippen molar-refractivity contribution in [2.75, 3.05) is 6.54 Å². The smallest absolute Gasteiger partial charge is 0.262 e. The Kier molecular flexibility index (Phi) is 3.97. The van der Waals surface area contributed by atoms with E-state index in [2.05, 4.69) is 11.9 Å². The molecule has 1 aliphatic rings. The van der Waals surface area contributed by atoms with Gasteiger partial charge in [-0.2, -0.15) is 0 Å². The van der Waals surface area contributed by atoms with Crippen LogP contribution in [0.25, 0.3) is 0 Å². The Balaban J connectivity index is 2.15. The van der Waals surface area contributed by atoms with Crippen molar-refractivity contribution in [3.8, 4) is 0 Å². The fourth-order valence-electron chi connectivity index (χ4n) is 2.27. The van der Waals surface area contributed by atoms with E-state index in [0.717, 1.165) is 12.8 Å². The Labute approximate surface area is 111 Å². The normalized spacial score (nSPS) is 19.3. The Bertz CT molecular complexity index is 476. The number of halogens is 1. The van der Waals surface area contributed by atoms with Gasteiger partial charge in [-0.05, 0) is 18.4 Å². The van der Waals surface area contributed by atoms with Crippen LogP contribution in [0.5, 0.6) is 0 Å². The molecule has 0 spiro atoms. The molecule has 0 aromatic carbocycles. The second kappa shape index (κ2) is 5.48. The van der Waals surface area contributed by atoms with Gasteiger partial charge in [0, 0.05) is 25.4 Å². The van der Waals surface area contributed by atoms with Crippen LogP contribution in [0.15, 0.2) is 18.5 Å². The van der Waals surface area contributed by atoms with Crippen molar-refractivity contribution in [3.63, 3.8) is 0 Å². The first-order valence-electron chi connectivity index (χ1n) is 6.07. The summed E-state index contributed by atoms with van der Waals surface area (Å²) in [4.78, 5) is 29.2. The predicted molar refractivity (Wildman–Crippen MR) is 68.3 cm³/mol. The number of carbonyl (C=O) groups is 2. The molecule has 18 heavy (non-hydrogen) atoms. The highest BCUT2D eigenvalue weighted by atomic mass is 35.5. The summed E-state index contributed by atoms with van der Waals surface area (Å²) in [7, 11) is 0. The number of aromatic nitrogens is 1. The van der Waals surface area contributed by atoms with Gasteiger partial charge in [-0.1, -0.05) is 24.9 Å². The number of hydrogen-bond acceptors (Lipinski definition) is 3. The van der Waals surface area contributed by atoms with Crippen LogP contribution >= 0.6 is 11.6 Å². The van der Waals surface area contributed by atoms with Crippen molar-refractivity contribution in [2.24, 2.45) is 5.92 Å². The zero-order valence-electron chi connectivity index (χ0n) is 10.2. The Morgan fingerprint density at radius 2 is 2.39 bits per heavy atom. The highest BCUT2D eigenvalue weighted by molar-refractivity contribution is 6.34. The lowest BCUT2D eigenvalue weighted by atomic mass is 10.0. The molecule has 1 aliphatic heterocycles. The van der Waals surface area contributed by atoms with E-state index in [0.29, 0.717) is 18.5 Å². The maximum atomic E-state index is 12.2. The van der Waals surface area contributed by atoms with Crippen LogP contribution in [-0.2, 0) is 4.79 Å². The summed E-state index contributed by atoms with van der Waals surface area (Å²) in [6.07, 6.45) is 5.37. The molecule has 1 fully saturated rings. The highest BCUT2D eigenvalue weighted by Gasteiger charge is 2.34. The lowest BCUT2D eigenvalue weighted by molar-refractivity contribution is -0.125. The second-order valence-corrected chi connectivity index (χ2v) is 4.93. The molecule has 1 unspecified atom stereocenters. The highest BCUT2D eigenvalue weighted by Crippen LogP contribution is 2.25. The number of hydrogen-bond donors (Lipinski definition) is 0. The molecule has 0 aliphatic carbocycles. The predicted octanol–water partition coefficient (Wildman–Crippen LogP) is 2.52. The largest absolute Gasteiger partial charge is 0.278 e. The number of rotatable bonds is 3. The second-order valence-electron chi connectivity index (χ2n) is 4.52. The van der Waals surface area contributed by atoms with Gasteiger partial charge in [0.1, 0.15) is 0 Å². The molecule has 0 bridgehead atoms. The zero-order valence-corrected chi connectivity index (χ0v) is 11.0. The minimum absolute atomic E-state index is 0.105.